The van der Waals surface area contributed by atoms with E-state index in [2.05, 4.69) is 26.2 Å². The van der Waals surface area contributed by atoms with Gasteiger partial charge >= 0.3 is 6.03 Å². The smallest absolute Gasteiger partial charge is 0.335 e. The zero-order valence-electron chi connectivity index (χ0n) is 14.4. The van der Waals surface area contributed by atoms with Crippen LogP contribution in [0.1, 0.15) is 5.56 Å². The predicted molar refractivity (Wildman–Crippen MR) is 100 cm³/mol. The molecule has 0 spiro atoms. The van der Waals surface area contributed by atoms with Gasteiger partial charge in [-0.15, -0.1) is 0 Å². The van der Waals surface area contributed by atoms with Crippen molar-refractivity contribution < 1.29 is 23.9 Å². The number of carbonyl (C=O) groups excluding carboxylic acids is 3. The molecule has 1 N–H and O–H groups in total. The second-order valence-electron chi connectivity index (χ2n) is 5.40. The quantitative estimate of drug-likeness (QED) is 0.589. The van der Waals surface area contributed by atoms with E-state index in [1.807, 2.05) is 0 Å². The van der Waals surface area contributed by atoms with Gasteiger partial charge in [-0.2, -0.15) is 0 Å². The number of ether oxygens (including phenoxy) is 2. The molecule has 0 bridgehead atoms. The van der Waals surface area contributed by atoms with Gasteiger partial charge in [-0.1, -0.05) is 0 Å². The first-order chi connectivity index (χ1) is 13.0. The molecule has 8 nitrogen and oxygen atoms in total. The SMILES string of the molecule is COc1cc(/C=C2/C(=O)NC(=O)N(c3ccncc3)C2=O)cc(Br)c1OC. The number of rotatable bonds is 4. The van der Waals surface area contributed by atoms with Crippen molar-refractivity contribution in [2.24, 2.45) is 0 Å². The van der Waals surface area contributed by atoms with Crippen molar-refractivity contribution in [1.29, 1.82) is 0 Å². The molecule has 138 valence electrons. The lowest BCUT2D eigenvalue weighted by molar-refractivity contribution is -0.122. The third-order valence-corrected chi connectivity index (χ3v) is 4.38. The first-order valence-electron chi connectivity index (χ1n) is 7.69. The number of halogens is 1. The molecule has 1 aromatic carbocycles. The van der Waals surface area contributed by atoms with Gasteiger partial charge in [0.25, 0.3) is 11.8 Å². The maximum Gasteiger partial charge on any atom is 0.335 e. The van der Waals surface area contributed by atoms with Crippen LogP contribution in [0.4, 0.5) is 10.5 Å². The van der Waals surface area contributed by atoms with E-state index in [0.717, 1.165) is 4.90 Å². The van der Waals surface area contributed by atoms with E-state index >= 15 is 0 Å². The molecule has 2 aromatic rings. The highest BCUT2D eigenvalue weighted by molar-refractivity contribution is 9.10. The molecule has 1 aromatic heterocycles. The molecule has 1 aliphatic heterocycles. The summed E-state index contributed by atoms with van der Waals surface area (Å²) in [6.07, 6.45) is 4.27. The second-order valence-corrected chi connectivity index (χ2v) is 6.26. The lowest BCUT2D eigenvalue weighted by Crippen LogP contribution is -2.54. The summed E-state index contributed by atoms with van der Waals surface area (Å²) in [4.78, 5) is 41.9. The Morgan fingerprint density at radius 1 is 1.11 bits per heavy atom. The van der Waals surface area contributed by atoms with Crippen molar-refractivity contribution in [3.05, 3.63) is 52.3 Å². The highest BCUT2D eigenvalue weighted by atomic mass is 79.9. The molecule has 0 unspecified atom stereocenters. The van der Waals surface area contributed by atoms with E-state index in [1.54, 1.807) is 12.1 Å². The Morgan fingerprint density at radius 3 is 2.44 bits per heavy atom. The fourth-order valence-corrected chi connectivity index (χ4v) is 3.19. The van der Waals surface area contributed by atoms with E-state index < -0.39 is 17.8 Å². The Kier molecular flexibility index (Phi) is 5.22. The summed E-state index contributed by atoms with van der Waals surface area (Å²) in [5, 5.41) is 2.17. The molecule has 1 aliphatic rings. The number of carbonyl (C=O) groups is 3. The summed E-state index contributed by atoms with van der Waals surface area (Å²) in [6, 6.07) is 5.46. The van der Waals surface area contributed by atoms with Crippen LogP contribution in [0, 0.1) is 0 Å². The summed E-state index contributed by atoms with van der Waals surface area (Å²) in [7, 11) is 2.97. The second kappa shape index (κ2) is 7.58. The average molecular weight is 432 g/mol. The highest BCUT2D eigenvalue weighted by Gasteiger charge is 2.36. The predicted octanol–water partition coefficient (Wildman–Crippen LogP) is 2.53. The van der Waals surface area contributed by atoms with Gasteiger partial charge in [-0.05, 0) is 51.8 Å². The van der Waals surface area contributed by atoms with Gasteiger partial charge in [0.1, 0.15) is 5.57 Å². The molecule has 0 atom stereocenters. The molecule has 1 fully saturated rings. The summed E-state index contributed by atoms with van der Waals surface area (Å²) in [5.41, 5.74) is 0.631. The minimum Gasteiger partial charge on any atom is -0.493 e. The minimum absolute atomic E-state index is 0.189. The number of barbiturate groups is 1. The summed E-state index contributed by atoms with van der Waals surface area (Å²) >= 11 is 3.36. The van der Waals surface area contributed by atoms with Gasteiger partial charge in [0.2, 0.25) is 0 Å². The van der Waals surface area contributed by atoms with Crippen LogP contribution in [0.2, 0.25) is 0 Å². The molecular formula is C18H14BrN3O5. The van der Waals surface area contributed by atoms with E-state index in [-0.39, 0.29) is 5.57 Å². The van der Waals surface area contributed by atoms with E-state index in [0.29, 0.717) is 27.2 Å². The van der Waals surface area contributed by atoms with Gasteiger partial charge in [0.15, 0.2) is 11.5 Å². The number of imide groups is 2. The number of anilines is 1. The molecule has 2 heterocycles. The summed E-state index contributed by atoms with van der Waals surface area (Å²) in [6.45, 7) is 0. The fourth-order valence-electron chi connectivity index (χ4n) is 2.57. The van der Waals surface area contributed by atoms with Crippen LogP contribution in [-0.4, -0.2) is 37.0 Å². The topological polar surface area (TPSA) is 97.8 Å². The number of nitrogens with one attached hydrogen (secondary N) is 1. The zero-order chi connectivity index (χ0) is 19.6. The summed E-state index contributed by atoms with van der Waals surface area (Å²) < 4.78 is 11.1. The standard InChI is InChI=1S/C18H14BrN3O5/c1-26-14-9-10(8-13(19)15(14)27-2)7-12-16(23)21-18(25)22(17(12)24)11-3-5-20-6-4-11/h3-9H,1-2H3,(H,21,23,25)/b12-7-. The molecule has 9 heteroatoms. The number of pyridine rings is 1. The molecule has 0 radical (unpaired) electrons. The first-order valence-corrected chi connectivity index (χ1v) is 8.48. The average Bonchev–Trinajstić information content (AvgIpc) is 2.65. The Morgan fingerprint density at radius 2 is 1.81 bits per heavy atom. The maximum absolute atomic E-state index is 12.8. The van der Waals surface area contributed by atoms with Crippen LogP contribution in [0.5, 0.6) is 11.5 Å². The zero-order valence-corrected chi connectivity index (χ0v) is 15.9. The van der Waals surface area contributed by atoms with Gasteiger partial charge in [-0.25, -0.2) is 9.69 Å². The van der Waals surface area contributed by atoms with Crippen LogP contribution < -0.4 is 19.7 Å². The largest absolute Gasteiger partial charge is 0.493 e. The Labute approximate surface area is 162 Å². The van der Waals surface area contributed by atoms with Gasteiger partial charge < -0.3 is 9.47 Å². The third-order valence-electron chi connectivity index (χ3n) is 3.79. The van der Waals surface area contributed by atoms with Crippen LogP contribution in [-0.2, 0) is 9.59 Å². The lowest BCUT2D eigenvalue weighted by atomic mass is 10.1. The number of benzene rings is 1. The van der Waals surface area contributed by atoms with Crippen LogP contribution in [0.15, 0.2) is 46.7 Å². The van der Waals surface area contributed by atoms with Crippen molar-refractivity contribution >= 4 is 45.5 Å². The van der Waals surface area contributed by atoms with Gasteiger partial charge in [0.05, 0.1) is 24.4 Å². The van der Waals surface area contributed by atoms with E-state index in [9.17, 15) is 14.4 Å². The van der Waals surface area contributed by atoms with Crippen molar-refractivity contribution in [3.8, 4) is 11.5 Å². The number of urea groups is 1. The fraction of sp³-hybridized carbons (Fsp3) is 0.111. The number of hydrogen-bond donors (Lipinski definition) is 1. The number of methoxy groups -OCH3 is 2. The highest BCUT2D eigenvalue weighted by Crippen LogP contribution is 2.37. The molecular weight excluding hydrogens is 418 g/mol. The van der Waals surface area contributed by atoms with Gasteiger partial charge in [-0.3, -0.25) is 19.9 Å². The number of hydrogen-bond acceptors (Lipinski definition) is 6. The minimum atomic E-state index is -0.818. The lowest BCUT2D eigenvalue weighted by Gasteiger charge is -2.26. The third kappa shape index (κ3) is 3.54. The summed E-state index contributed by atoms with van der Waals surface area (Å²) in [5.74, 6) is -0.612. The van der Waals surface area contributed by atoms with Crippen molar-refractivity contribution in [2.75, 3.05) is 19.1 Å². The van der Waals surface area contributed by atoms with E-state index in [4.69, 9.17) is 9.47 Å². The van der Waals surface area contributed by atoms with Crippen LogP contribution >= 0.6 is 15.9 Å². The van der Waals surface area contributed by atoms with E-state index in [1.165, 1.54) is 44.8 Å². The van der Waals surface area contributed by atoms with Crippen molar-refractivity contribution in [1.82, 2.24) is 10.3 Å². The maximum atomic E-state index is 12.8. The van der Waals surface area contributed by atoms with Crippen molar-refractivity contribution in [2.45, 2.75) is 0 Å². The molecule has 4 amide bonds. The number of aromatic nitrogens is 1. The number of amides is 4. The monoisotopic (exact) mass is 431 g/mol. The number of nitrogens with zero attached hydrogens (tertiary/aromatic N) is 2. The Bertz CT molecular complexity index is 959. The van der Waals surface area contributed by atoms with Crippen LogP contribution in [0.25, 0.3) is 6.08 Å². The van der Waals surface area contributed by atoms with Crippen LogP contribution in [0.3, 0.4) is 0 Å². The normalized spacial score (nSPS) is 15.7. The molecule has 0 saturated carbocycles. The van der Waals surface area contributed by atoms with Gasteiger partial charge in [0, 0.05) is 12.4 Å². The Hall–Kier alpha value is -3.20. The van der Waals surface area contributed by atoms with Crippen molar-refractivity contribution in [3.63, 3.8) is 0 Å². The molecule has 0 aliphatic carbocycles. The first kappa shape index (κ1) is 18.6. The Balaban J connectivity index is 2.05. The molecule has 3 rings (SSSR count). The molecule has 1 saturated heterocycles. The molecule has 27 heavy (non-hydrogen) atoms.